The van der Waals surface area contributed by atoms with Gasteiger partial charge in [0.05, 0.1) is 11.1 Å². The second-order valence-electron chi connectivity index (χ2n) is 4.09. The summed E-state index contributed by atoms with van der Waals surface area (Å²) in [4.78, 5) is 4.15. The van der Waals surface area contributed by atoms with Gasteiger partial charge in [0.15, 0.2) is 0 Å². The van der Waals surface area contributed by atoms with E-state index >= 15 is 0 Å². The highest BCUT2D eigenvalue weighted by molar-refractivity contribution is 7.11. The zero-order valence-corrected chi connectivity index (χ0v) is 11.2. The number of aromatic nitrogens is 1. The summed E-state index contributed by atoms with van der Waals surface area (Å²) in [6, 6.07) is 6.81. The molecule has 0 fully saturated rings. The number of benzene rings is 1. The van der Waals surface area contributed by atoms with Crippen molar-refractivity contribution in [2.75, 3.05) is 0 Å². The van der Waals surface area contributed by atoms with Crippen molar-refractivity contribution < 1.29 is 13.2 Å². The molecular weight excluding hydrogens is 285 g/mol. The van der Waals surface area contributed by atoms with E-state index in [1.807, 2.05) is 6.07 Å². The third-order valence-corrected chi connectivity index (χ3v) is 3.49. The molecular formula is C14H9F3N2S. The Hall–Kier alpha value is -2.13. The van der Waals surface area contributed by atoms with Crippen LogP contribution in [-0.2, 0) is 6.18 Å². The van der Waals surface area contributed by atoms with E-state index < -0.39 is 11.7 Å². The zero-order chi connectivity index (χ0) is 14.8. The number of nitriles is 1. The van der Waals surface area contributed by atoms with E-state index in [9.17, 15) is 13.2 Å². The van der Waals surface area contributed by atoms with Crippen molar-refractivity contribution in [1.82, 2.24) is 4.98 Å². The number of aryl methyl sites for hydroxylation is 1. The van der Waals surface area contributed by atoms with Crippen molar-refractivity contribution >= 4 is 23.0 Å². The summed E-state index contributed by atoms with van der Waals surface area (Å²) in [5, 5.41) is 11.4. The lowest BCUT2D eigenvalue weighted by Crippen LogP contribution is -2.04. The van der Waals surface area contributed by atoms with Crippen LogP contribution in [-0.4, -0.2) is 4.98 Å². The van der Waals surface area contributed by atoms with Gasteiger partial charge in [-0.3, -0.25) is 0 Å². The minimum absolute atomic E-state index is 0.252. The fourth-order valence-electron chi connectivity index (χ4n) is 1.59. The van der Waals surface area contributed by atoms with Gasteiger partial charge in [-0.2, -0.15) is 18.4 Å². The predicted octanol–water partition coefficient (Wildman–Crippen LogP) is 4.53. The SMILES string of the molecule is Cc1csc(/C(C#N)=C\c2cccc(C(F)(F)F)c2)n1. The molecule has 0 unspecified atom stereocenters. The molecule has 0 spiro atoms. The summed E-state index contributed by atoms with van der Waals surface area (Å²) in [6.45, 7) is 1.79. The van der Waals surface area contributed by atoms with Crippen molar-refractivity contribution in [2.24, 2.45) is 0 Å². The highest BCUT2D eigenvalue weighted by atomic mass is 32.1. The zero-order valence-electron chi connectivity index (χ0n) is 10.4. The third-order valence-electron chi connectivity index (χ3n) is 2.49. The molecule has 102 valence electrons. The van der Waals surface area contributed by atoms with Gasteiger partial charge in [-0.15, -0.1) is 11.3 Å². The molecule has 0 saturated carbocycles. The molecule has 6 heteroatoms. The molecule has 2 nitrogen and oxygen atoms in total. The number of hydrogen-bond donors (Lipinski definition) is 0. The largest absolute Gasteiger partial charge is 0.416 e. The second kappa shape index (κ2) is 5.47. The first-order chi connectivity index (χ1) is 9.40. The van der Waals surface area contributed by atoms with E-state index in [0.717, 1.165) is 17.8 Å². The summed E-state index contributed by atoms with van der Waals surface area (Å²) in [5.41, 5.74) is 0.612. The molecule has 0 aliphatic heterocycles. The van der Waals surface area contributed by atoms with Crippen molar-refractivity contribution in [3.8, 4) is 6.07 Å². The van der Waals surface area contributed by atoms with Crippen LogP contribution >= 0.6 is 11.3 Å². The van der Waals surface area contributed by atoms with E-state index in [2.05, 4.69) is 4.98 Å². The molecule has 1 aromatic heterocycles. The lowest BCUT2D eigenvalue weighted by atomic mass is 10.1. The first-order valence-electron chi connectivity index (χ1n) is 5.61. The summed E-state index contributed by atoms with van der Waals surface area (Å²) >= 11 is 1.29. The molecule has 1 heterocycles. The van der Waals surface area contributed by atoms with Crippen LogP contribution in [0.5, 0.6) is 0 Å². The number of nitrogens with zero attached hydrogens (tertiary/aromatic N) is 2. The molecule has 20 heavy (non-hydrogen) atoms. The number of thiazole rings is 1. The lowest BCUT2D eigenvalue weighted by molar-refractivity contribution is -0.137. The third kappa shape index (κ3) is 3.25. The molecule has 0 atom stereocenters. The number of rotatable bonds is 2. The van der Waals surface area contributed by atoms with E-state index in [-0.39, 0.29) is 5.57 Å². The standard InChI is InChI=1S/C14H9F3N2S/c1-9-8-20-13(19-9)11(7-18)5-10-3-2-4-12(6-10)14(15,16)17/h2-6,8H,1H3/b11-5-. The Morgan fingerprint density at radius 3 is 2.70 bits per heavy atom. The number of halogens is 3. The maximum atomic E-state index is 12.6. The van der Waals surface area contributed by atoms with Crippen LogP contribution in [0.2, 0.25) is 0 Å². The van der Waals surface area contributed by atoms with E-state index in [1.54, 1.807) is 12.3 Å². The van der Waals surface area contributed by atoms with Crippen molar-refractivity contribution in [1.29, 1.82) is 5.26 Å². The Labute approximate surface area is 117 Å². The number of allylic oxidation sites excluding steroid dienone is 1. The van der Waals surface area contributed by atoms with Crippen LogP contribution in [0.25, 0.3) is 11.6 Å². The molecule has 0 aliphatic rings. The number of alkyl halides is 3. The highest BCUT2D eigenvalue weighted by Crippen LogP contribution is 2.30. The van der Waals surface area contributed by atoms with Gasteiger partial charge < -0.3 is 0 Å². The number of hydrogen-bond acceptors (Lipinski definition) is 3. The molecule has 0 bridgehead atoms. The maximum Gasteiger partial charge on any atom is 0.416 e. The maximum absolute atomic E-state index is 12.6. The van der Waals surface area contributed by atoms with Gasteiger partial charge in [0, 0.05) is 11.1 Å². The average Bonchev–Trinajstić information content (AvgIpc) is 2.82. The lowest BCUT2D eigenvalue weighted by Gasteiger charge is -2.06. The summed E-state index contributed by atoms with van der Waals surface area (Å²) < 4.78 is 37.9. The highest BCUT2D eigenvalue weighted by Gasteiger charge is 2.30. The smallest absolute Gasteiger partial charge is 0.241 e. The fourth-order valence-corrected chi connectivity index (χ4v) is 2.35. The quantitative estimate of drug-likeness (QED) is 0.763. The molecule has 0 radical (unpaired) electrons. The van der Waals surface area contributed by atoms with Crippen molar-refractivity contribution in [3.63, 3.8) is 0 Å². The monoisotopic (exact) mass is 294 g/mol. The Balaban J connectivity index is 2.41. The van der Waals surface area contributed by atoms with E-state index in [1.165, 1.54) is 29.5 Å². The fraction of sp³-hybridized carbons (Fsp3) is 0.143. The van der Waals surface area contributed by atoms with Gasteiger partial charge in [-0.1, -0.05) is 12.1 Å². The van der Waals surface area contributed by atoms with Crippen LogP contribution in [0.3, 0.4) is 0 Å². The summed E-state index contributed by atoms with van der Waals surface area (Å²) in [6.07, 6.45) is -2.98. The first kappa shape index (κ1) is 14.3. The molecule has 0 N–H and O–H groups in total. The Morgan fingerprint density at radius 1 is 1.40 bits per heavy atom. The van der Waals surface area contributed by atoms with Gasteiger partial charge in [-0.25, -0.2) is 4.98 Å². The predicted molar refractivity (Wildman–Crippen MR) is 71.8 cm³/mol. The van der Waals surface area contributed by atoms with E-state index in [0.29, 0.717) is 10.6 Å². The Bertz CT molecular complexity index is 693. The van der Waals surface area contributed by atoms with Gasteiger partial charge >= 0.3 is 6.18 Å². The molecule has 2 aromatic rings. The van der Waals surface area contributed by atoms with Crippen molar-refractivity contribution in [2.45, 2.75) is 13.1 Å². The van der Waals surface area contributed by atoms with Crippen LogP contribution in [0.4, 0.5) is 13.2 Å². The molecule has 1 aromatic carbocycles. The average molecular weight is 294 g/mol. The van der Waals surface area contributed by atoms with Gasteiger partial charge in [0.25, 0.3) is 0 Å². The van der Waals surface area contributed by atoms with Crippen LogP contribution in [0.1, 0.15) is 21.8 Å². The topological polar surface area (TPSA) is 36.7 Å². The van der Waals surface area contributed by atoms with Gasteiger partial charge in [-0.05, 0) is 30.7 Å². The Morgan fingerprint density at radius 2 is 2.15 bits per heavy atom. The normalized spacial score (nSPS) is 12.2. The Kier molecular flexibility index (Phi) is 3.91. The minimum Gasteiger partial charge on any atom is -0.241 e. The van der Waals surface area contributed by atoms with Crippen molar-refractivity contribution in [3.05, 3.63) is 51.5 Å². The second-order valence-corrected chi connectivity index (χ2v) is 4.95. The van der Waals surface area contributed by atoms with Gasteiger partial charge in [0.2, 0.25) is 0 Å². The summed E-state index contributed by atoms with van der Waals surface area (Å²) in [5.74, 6) is 0. The molecule has 0 amide bonds. The molecule has 2 rings (SSSR count). The molecule has 0 saturated heterocycles. The summed E-state index contributed by atoms with van der Waals surface area (Å²) in [7, 11) is 0. The van der Waals surface area contributed by atoms with Crippen LogP contribution in [0.15, 0.2) is 29.6 Å². The van der Waals surface area contributed by atoms with E-state index in [4.69, 9.17) is 5.26 Å². The molecule has 0 aliphatic carbocycles. The van der Waals surface area contributed by atoms with Gasteiger partial charge in [0.1, 0.15) is 11.1 Å². The first-order valence-corrected chi connectivity index (χ1v) is 6.49. The minimum atomic E-state index is -4.39. The van der Waals surface area contributed by atoms with Crippen LogP contribution in [0, 0.1) is 18.3 Å². The van der Waals surface area contributed by atoms with Crippen LogP contribution < -0.4 is 0 Å².